The lowest BCUT2D eigenvalue weighted by Crippen LogP contribution is -2.14. The predicted octanol–water partition coefficient (Wildman–Crippen LogP) is 5.53. The van der Waals surface area contributed by atoms with Crippen LogP contribution in [0.5, 0.6) is 0 Å². The van der Waals surface area contributed by atoms with Crippen molar-refractivity contribution in [2.75, 3.05) is 11.1 Å². The van der Waals surface area contributed by atoms with E-state index in [4.69, 9.17) is 23.2 Å². The lowest BCUT2D eigenvalue weighted by Gasteiger charge is -2.06. The van der Waals surface area contributed by atoms with Crippen LogP contribution in [0.15, 0.2) is 34.8 Å². The summed E-state index contributed by atoms with van der Waals surface area (Å²) in [7, 11) is 1.91. The standard InChI is InChI=1S/C18H18Cl2N4OS2/c1-3-4-15-5-11(9-26-15)17-22-23-18(24(17)2)27-10-16(25)21-14-7-12(19)6-13(20)8-14/h5-9H,3-4,10H2,1-2H3,(H,21,25). The van der Waals surface area contributed by atoms with Crippen molar-refractivity contribution in [2.24, 2.45) is 7.05 Å². The first-order valence-corrected chi connectivity index (χ1v) is 10.9. The van der Waals surface area contributed by atoms with Crippen LogP contribution in [0.4, 0.5) is 5.69 Å². The summed E-state index contributed by atoms with van der Waals surface area (Å²) in [6.45, 7) is 2.17. The minimum atomic E-state index is -0.163. The van der Waals surface area contributed by atoms with Crippen LogP contribution in [0, 0.1) is 0 Å². The highest BCUT2D eigenvalue weighted by Crippen LogP contribution is 2.28. The molecular weight excluding hydrogens is 423 g/mol. The number of amides is 1. The van der Waals surface area contributed by atoms with E-state index in [-0.39, 0.29) is 11.7 Å². The number of aromatic nitrogens is 3. The highest BCUT2D eigenvalue weighted by molar-refractivity contribution is 7.99. The number of benzene rings is 1. The van der Waals surface area contributed by atoms with Crippen LogP contribution in [0.2, 0.25) is 10.0 Å². The van der Waals surface area contributed by atoms with Gasteiger partial charge in [-0.05, 0) is 30.7 Å². The van der Waals surface area contributed by atoms with Crippen molar-refractivity contribution in [3.8, 4) is 11.4 Å². The molecule has 1 N–H and O–H groups in total. The number of hydrogen-bond acceptors (Lipinski definition) is 5. The van der Waals surface area contributed by atoms with E-state index in [9.17, 15) is 4.79 Å². The summed E-state index contributed by atoms with van der Waals surface area (Å²) in [5.41, 5.74) is 1.63. The van der Waals surface area contributed by atoms with Crippen LogP contribution in [-0.2, 0) is 18.3 Å². The highest BCUT2D eigenvalue weighted by Gasteiger charge is 2.14. The fourth-order valence-corrected chi connectivity index (χ4v) is 4.73. The first kappa shape index (κ1) is 20.2. The Bertz CT molecular complexity index is 934. The number of halogens is 2. The summed E-state index contributed by atoms with van der Waals surface area (Å²) in [5.74, 6) is 0.850. The van der Waals surface area contributed by atoms with E-state index in [2.05, 4.69) is 33.9 Å². The SMILES string of the molecule is CCCc1cc(-c2nnc(SCC(=O)Nc3cc(Cl)cc(Cl)c3)n2C)cs1. The molecule has 3 rings (SSSR count). The molecule has 27 heavy (non-hydrogen) atoms. The van der Waals surface area contributed by atoms with Crippen LogP contribution in [0.25, 0.3) is 11.4 Å². The monoisotopic (exact) mass is 440 g/mol. The lowest BCUT2D eigenvalue weighted by atomic mass is 10.2. The van der Waals surface area contributed by atoms with Gasteiger partial charge in [0.05, 0.1) is 5.75 Å². The number of rotatable bonds is 7. The molecule has 2 aromatic heterocycles. The van der Waals surface area contributed by atoms with Gasteiger partial charge in [-0.2, -0.15) is 0 Å². The number of anilines is 1. The van der Waals surface area contributed by atoms with Crippen molar-refractivity contribution < 1.29 is 4.79 Å². The first-order valence-electron chi connectivity index (χ1n) is 8.32. The topological polar surface area (TPSA) is 59.8 Å². The van der Waals surface area contributed by atoms with Crippen molar-refractivity contribution in [1.82, 2.24) is 14.8 Å². The van der Waals surface area contributed by atoms with Gasteiger partial charge in [-0.3, -0.25) is 4.79 Å². The van der Waals surface area contributed by atoms with E-state index in [1.807, 2.05) is 11.6 Å². The second-order valence-corrected chi connectivity index (χ2v) is 8.72. The maximum atomic E-state index is 12.2. The number of hydrogen-bond donors (Lipinski definition) is 1. The van der Waals surface area contributed by atoms with Gasteiger partial charge in [-0.15, -0.1) is 21.5 Å². The van der Waals surface area contributed by atoms with Gasteiger partial charge in [0.1, 0.15) is 0 Å². The number of nitrogens with zero attached hydrogens (tertiary/aromatic N) is 3. The van der Waals surface area contributed by atoms with E-state index in [1.54, 1.807) is 29.5 Å². The average molecular weight is 441 g/mol. The molecule has 0 radical (unpaired) electrons. The number of thiophene rings is 1. The third kappa shape index (κ3) is 5.25. The molecule has 1 aromatic carbocycles. The van der Waals surface area contributed by atoms with Gasteiger partial charge in [0, 0.05) is 38.6 Å². The van der Waals surface area contributed by atoms with Gasteiger partial charge >= 0.3 is 0 Å². The maximum Gasteiger partial charge on any atom is 0.234 e. The van der Waals surface area contributed by atoms with Crippen LogP contribution < -0.4 is 5.32 Å². The Morgan fingerprint density at radius 3 is 2.67 bits per heavy atom. The molecule has 0 aliphatic heterocycles. The number of carbonyl (C=O) groups is 1. The zero-order chi connectivity index (χ0) is 19.4. The van der Waals surface area contributed by atoms with Crippen molar-refractivity contribution >= 4 is 57.9 Å². The van der Waals surface area contributed by atoms with Crippen LogP contribution in [0.1, 0.15) is 18.2 Å². The van der Waals surface area contributed by atoms with E-state index in [1.165, 1.54) is 16.6 Å². The molecule has 1 amide bonds. The van der Waals surface area contributed by atoms with E-state index in [0.29, 0.717) is 20.9 Å². The minimum absolute atomic E-state index is 0.163. The molecule has 3 aromatic rings. The molecular formula is C18H18Cl2N4OS2. The molecule has 0 fully saturated rings. The maximum absolute atomic E-state index is 12.2. The minimum Gasteiger partial charge on any atom is -0.325 e. The third-order valence-corrected chi connectivity index (χ3v) is 6.18. The summed E-state index contributed by atoms with van der Waals surface area (Å²) < 4.78 is 1.91. The number of aryl methyl sites for hydroxylation is 1. The number of carbonyl (C=O) groups excluding carboxylic acids is 1. The van der Waals surface area contributed by atoms with Gasteiger partial charge in [0.15, 0.2) is 11.0 Å². The van der Waals surface area contributed by atoms with E-state index in [0.717, 1.165) is 24.2 Å². The van der Waals surface area contributed by atoms with Gasteiger partial charge in [-0.1, -0.05) is 48.3 Å². The van der Waals surface area contributed by atoms with Gasteiger partial charge < -0.3 is 9.88 Å². The molecule has 0 atom stereocenters. The van der Waals surface area contributed by atoms with E-state index < -0.39 is 0 Å². The smallest absolute Gasteiger partial charge is 0.234 e. The lowest BCUT2D eigenvalue weighted by molar-refractivity contribution is -0.113. The molecule has 0 aliphatic rings. The number of thioether (sulfide) groups is 1. The molecule has 0 unspecified atom stereocenters. The Morgan fingerprint density at radius 2 is 1.96 bits per heavy atom. The first-order chi connectivity index (χ1) is 13.0. The quantitative estimate of drug-likeness (QED) is 0.490. The second-order valence-electron chi connectivity index (χ2n) is 5.91. The molecule has 142 valence electrons. The second kappa shape index (κ2) is 9.10. The van der Waals surface area contributed by atoms with Crippen molar-refractivity contribution in [1.29, 1.82) is 0 Å². The Labute approximate surface area is 176 Å². The summed E-state index contributed by atoms with van der Waals surface area (Å²) >= 11 is 15.0. The van der Waals surface area contributed by atoms with Gasteiger partial charge in [0.2, 0.25) is 5.91 Å². The normalized spacial score (nSPS) is 11.0. The predicted molar refractivity (Wildman–Crippen MR) is 114 cm³/mol. The molecule has 0 saturated carbocycles. The van der Waals surface area contributed by atoms with Gasteiger partial charge in [0.25, 0.3) is 0 Å². The average Bonchev–Trinajstić information content (AvgIpc) is 3.19. The largest absolute Gasteiger partial charge is 0.325 e. The molecule has 0 bridgehead atoms. The Balaban J connectivity index is 1.62. The fourth-order valence-electron chi connectivity index (χ4n) is 2.52. The Morgan fingerprint density at radius 1 is 1.22 bits per heavy atom. The summed E-state index contributed by atoms with van der Waals surface area (Å²) in [4.78, 5) is 13.5. The zero-order valence-corrected chi connectivity index (χ0v) is 18.0. The van der Waals surface area contributed by atoms with Crippen LogP contribution in [-0.4, -0.2) is 26.4 Å². The molecule has 0 aliphatic carbocycles. The third-order valence-electron chi connectivity index (χ3n) is 3.72. The summed E-state index contributed by atoms with van der Waals surface area (Å²) in [6.07, 6.45) is 2.19. The van der Waals surface area contributed by atoms with Crippen LogP contribution >= 0.6 is 46.3 Å². The molecule has 2 heterocycles. The number of nitrogens with one attached hydrogen (secondary N) is 1. The van der Waals surface area contributed by atoms with Crippen molar-refractivity contribution in [3.63, 3.8) is 0 Å². The van der Waals surface area contributed by atoms with Crippen molar-refractivity contribution in [3.05, 3.63) is 44.6 Å². The molecule has 0 saturated heterocycles. The van der Waals surface area contributed by atoms with Gasteiger partial charge in [-0.25, -0.2) is 0 Å². The Hall–Kier alpha value is -1.54. The zero-order valence-electron chi connectivity index (χ0n) is 14.8. The molecule has 5 nitrogen and oxygen atoms in total. The molecule has 0 spiro atoms. The van der Waals surface area contributed by atoms with Crippen molar-refractivity contribution in [2.45, 2.75) is 24.9 Å². The van der Waals surface area contributed by atoms with Crippen LogP contribution in [0.3, 0.4) is 0 Å². The highest BCUT2D eigenvalue weighted by atomic mass is 35.5. The van der Waals surface area contributed by atoms with E-state index >= 15 is 0 Å². The molecule has 9 heteroatoms. The summed E-state index contributed by atoms with van der Waals surface area (Å²) in [5, 5.41) is 15.0. The fraction of sp³-hybridized carbons (Fsp3) is 0.278. The summed E-state index contributed by atoms with van der Waals surface area (Å²) in [6, 6.07) is 7.08. The Kier molecular flexibility index (Phi) is 6.81.